The summed E-state index contributed by atoms with van der Waals surface area (Å²) in [5.74, 6) is 0.886. The van der Waals surface area contributed by atoms with E-state index < -0.39 is 5.30 Å². The van der Waals surface area contributed by atoms with Gasteiger partial charge in [-0.15, -0.1) is 11.3 Å². The van der Waals surface area contributed by atoms with Crippen molar-refractivity contribution in [3.05, 3.63) is 62.7 Å². The quantitative estimate of drug-likeness (QED) is 0.408. The fourth-order valence-electron chi connectivity index (χ4n) is 3.79. The van der Waals surface area contributed by atoms with Crippen molar-refractivity contribution < 1.29 is 9.13 Å². The second-order valence-electron chi connectivity index (χ2n) is 8.86. The van der Waals surface area contributed by atoms with Gasteiger partial charge in [-0.1, -0.05) is 36.6 Å². The van der Waals surface area contributed by atoms with Crippen LogP contribution in [-0.2, 0) is 0 Å². The molecule has 6 radical (unpaired) electrons. The third-order valence-electron chi connectivity index (χ3n) is 5.76. The monoisotopic (exact) mass is 474 g/mol. The number of nitrogens with zero attached hydrogens (tertiary/aromatic N) is 1. The Labute approximate surface area is 207 Å². The number of halogens is 2. The highest BCUT2D eigenvalue weighted by Gasteiger charge is 2.28. The molecule has 1 atom stereocenters. The Morgan fingerprint density at radius 1 is 1.18 bits per heavy atom. The fraction of sp³-hybridized carbons (Fsp3) is 0.375. The van der Waals surface area contributed by atoms with Crippen LogP contribution in [0.4, 0.5) is 9.52 Å². The van der Waals surface area contributed by atoms with Crippen LogP contribution < -0.4 is 10.1 Å². The molecule has 3 aromatic rings. The number of aromatic nitrogens is 1. The molecule has 2 aromatic carbocycles. The zero-order valence-corrected chi connectivity index (χ0v) is 20.5. The topological polar surface area (TPSA) is 34.1 Å². The first-order valence-electron chi connectivity index (χ1n) is 10.9. The normalized spacial score (nSPS) is 14.8. The summed E-state index contributed by atoms with van der Waals surface area (Å²) in [7, 11) is 16.7. The van der Waals surface area contributed by atoms with Crippen LogP contribution in [0.5, 0.6) is 5.75 Å². The maximum atomic E-state index is 14.2. The van der Waals surface area contributed by atoms with Gasteiger partial charge >= 0.3 is 0 Å². The summed E-state index contributed by atoms with van der Waals surface area (Å²) in [5.41, 5.74) is 3.92. The summed E-state index contributed by atoms with van der Waals surface area (Å²) >= 11 is 8.11. The minimum absolute atomic E-state index is 0.00855. The third kappa shape index (κ3) is 5.96. The number of aryl methyl sites for hydroxylation is 3. The Balaban J connectivity index is 1.62. The molecule has 1 saturated carbocycles. The van der Waals surface area contributed by atoms with Crippen LogP contribution >= 0.6 is 22.9 Å². The Morgan fingerprint density at radius 3 is 2.55 bits per heavy atom. The number of rotatable bonds is 8. The highest BCUT2D eigenvalue weighted by atomic mass is 35.5. The van der Waals surface area contributed by atoms with E-state index in [0.717, 1.165) is 38.8 Å². The lowest BCUT2D eigenvalue weighted by Gasteiger charge is -2.25. The maximum absolute atomic E-state index is 14.2. The van der Waals surface area contributed by atoms with Crippen molar-refractivity contribution in [2.24, 2.45) is 5.92 Å². The molecule has 1 N–H and O–H groups in total. The minimum Gasteiger partial charge on any atom is -0.516 e. The molecule has 0 bridgehead atoms. The highest BCUT2D eigenvalue weighted by Crippen LogP contribution is 2.42. The molecule has 33 heavy (non-hydrogen) atoms. The van der Waals surface area contributed by atoms with Crippen molar-refractivity contribution in [2.45, 2.75) is 51.4 Å². The van der Waals surface area contributed by atoms with Gasteiger partial charge in [-0.05, 0) is 73.3 Å². The zero-order valence-electron chi connectivity index (χ0n) is 18.9. The highest BCUT2D eigenvalue weighted by molar-refractivity contribution is 7.16. The van der Waals surface area contributed by atoms with Gasteiger partial charge in [0.2, 0.25) is 0 Å². The van der Waals surface area contributed by atoms with Gasteiger partial charge in [0.05, 0.1) is 16.8 Å². The summed E-state index contributed by atoms with van der Waals surface area (Å²) in [6, 6.07) is 8.96. The Kier molecular flexibility index (Phi) is 6.88. The van der Waals surface area contributed by atoms with E-state index in [1.165, 1.54) is 12.8 Å². The molecule has 1 aliphatic rings. The fourth-order valence-corrected chi connectivity index (χ4v) is 4.92. The molecular weight excluding hydrogens is 451 g/mol. The predicted molar refractivity (Wildman–Crippen MR) is 137 cm³/mol. The van der Waals surface area contributed by atoms with Gasteiger partial charge in [-0.2, -0.15) is 0 Å². The first-order valence-corrected chi connectivity index (χ1v) is 12.1. The molecule has 0 aliphatic heterocycles. The molecule has 1 heterocycles. The van der Waals surface area contributed by atoms with E-state index in [1.54, 1.807) is 30.4 Å². The van der Waals surface area contributed by atoms with E-state index in [-0.39, 0.29) is 11.9 Å². The van der Waals surface area contributed by atoms with E-state index in [1.807, 2.05) is 32.0 Å². The van der Waals surface area contributed by atoms with Crippen LogP contribution in [-0.4, -0.2) is 33.8 Å². The van der Waals surface area contributed by atoms with Crippen molar-refractivity contribution in [3.8, 4) is 17.0 Å². The van der Waals surface area contributed by atoms with Crippen molar-refractivity contribution in [1.82, 2.24) is 4.98 Å². The minimum atomic E-state index is -1.80. The van der Waals surface area contributed by atoms with Crippen LogP contribution in [0.2, 0.25) is 5.02 Å². The van der Waals surface area contributed by atoms with Gasteiger partial charge in [0.15, 0.2) is 5.13 Å². The Bertz CT molecular complexity index is 1180. The molecule has 0 unspecified atom stereocenters. The molecule has 164 valence electrons. The van der Waals surface area contributed by atoms with Gasteiger partial charge < -0.3 is 10.1 Å². The number of ether oxygens (including phenoxy) is 1. The van der Waals surface area contributed by atoms with Crippen LogP contribution in [0.15, 0.2) is 30.3 Å². The molecule has 1 aromatic heterocycles. The summed E-state index contributed by atoms with van der Waals surface area (Å²) in [4.78, 5) is 5.85. The number of thiazole rings is 1. The molecule has 0 saturated heterocycles. The lowest BCUT2D eigenvalue weighted by atomic mass is 9.52. The average molecular weight is 474 g/mol. The number of nitrogens with one attached hydrogen (secondary N) is 1. The standard InChI is InChI=1S/C24H23B3ClFN2OS/c1-12-4-7-16(10-19(12)29)20(9-15-5-6-15)30-23-31-22(14(3)33-23)17-8-13(2)21(11-18(17)28)32-24(25,26)27/h4,7-8,10-11,15,20H,5-6,9H2,1-3H3,(H,30,31)/t20-/m0/s1. The smallest absolute Gasteiger partial charge is 0.183 e. The van der Waals surface area contributed by atoms with Gasteiger partial charge in [0, 0.05) is 10.4 Å². The average Bonchev–Trinajstić information content (AvgIpc) is 3.46. The van der Waals surface area contributed by atoms with Crippen LogP contribution in [0, 0.1) is 32.5 Å². The lowest BCUT2D eigenvalue weighted by Crippen LogP contribution is -2.37. The van der Waals surface area contributed by atoms with Gasteiger partial charge in [0.25, 0.3) is 0 Å². The predicted octanol–water partition coefficient (Wildman–Crippen LogP) is 5.98. The second kappa shape index (κ2) is 9.38. The Morgan fingerprint density at radius 2 is 1.91 bits per heavy atom. The number of hydrogen-bond donors (Lipinski definition) is 1. The molecule has 1 fully saturated rings. The van der Waals surface area contributed by atoms with Crippen LogP contribution in [0.25, 0.3) is 11.3 Å². The van der Waals surface area contributed by atoms with Crippen molar-refractivity contribution >= 4 is 51.6 Å². The molecule has 9 heteroatoms. The zero-order chi connectivity index (χ0) is 23.9. The number of anilines is 1. The summed E-state index contributed by atoms with van der Waals surface area (Å²) < 4.78 is 19.6. The largest absolute Gasteiger partial charge is 0.516 e. The molecular formula is C24H23B3ClFN2OS. The van der Waals surface area contributed by atoms with Crippen molar-refractivity contribution in [1.29, 1.82) is 0 Å². The summed E-state index contributed by atoms with van der Waals surface area (Å²) in [6.07, 6.45) is 3.38. The molecule has 4 rings (SSSR count). The summed E-state index contributed by atoms with van der Waals surface area (Å²) in [6.45, 7) is 5.63. The maximum Gasteiger partial charge on any atom is 0.183 e. The second-order valence-corrected chi connectivity index (χ2v) is 10.5. The number of hydrogen-bond acceptors (Lipinski definition) is 4. The van der Waals surface area contributed by atoms with Gasteiger partial charge in [-0.3, -0.25) is 0 Å². The van der Waals surface area contributed by atoms with Crippen LogP contribution in [0.1, 0.15) is 46.9 Å². The van der Waals surface area contributed by atoms with E-state index in [9.17, 15) is 4.39 Å². The molecule has 1 aliphatic carbocycles. The SMILES string of the molecule is [B]C([B])([B])Oc1cc(Cl)c(-c2nc(N[C@@H](CC3CC3)c3ccc(C)c(F)c3)sc2C)cc1C. The first kappa shape index (κ1) is 24.2. The van der Waals surface area contributed by atoms with Gasteiger partial charge in [-0.25, -0.2) is 9.37 Å². The lowest BCUT2D eigenvalue weighted by molar-refractivity contribution is 0.316. The molecule has 3 nitrogen and oxygen atoms in total. The van der Waals surface area contributed by atoms with Crippen molar-refractivity contribution in [2.75, 3.05) is 5.32 Å². The van der Waals surface area contributed by atoms with Gasteiger partial charge in [0.1, 0.15) is 35.1 Å². The number of benzene rings is 2. The summed E-state index contributed by atoms with van der Waals surface area (Å²) in [5, 5.41) is 2.97. The first-order chi connectivity index (χ1) is 15.5. The van der Waals surface area contributed by atoms with E-state index in [2.05, 4.69) is 5.32 Å². The van der Waals surface area contributed by atoms with E-state index in [0.29, 0.717) is 22.3 Å². The van der Waals surface area contributed by atoms with E-state index >= 15 is 0 Å². The van der Waals surface area contributed by atoms with E-state index in [4.69, 9.17) is 44.9 Å². The molecule has 0 amide bonds. The third-order valence-corrected chi connectivity index (χ3v) is 6.98. The van der Waals surface area contributed by atoms with Crippen LogP contribution in [0.3, 0.4) is 0 Å². The van der Waals surface area contributed by atoms with Crippen molar-refractivity contribution in [3.63, 3.8) is 0 Å². The Hall–Kier alpha value is -1.92. The molecule has 0 spiro atoms.